The molecule has 1 aliphatic heterocycles. The smallest absolute Gasteiger partial charge is 0.224 e. The van der Waals surface area contributed by atoms with E-state index in [0.29, 0.717) is 24.5 Å². The van der Waals surface area contributed by atoms with Crippen molar-refractivity contribution in [2.24, 2.45) is 0 Å². The van der Waals surface area contributed by atoms with Gasteiger partial charge in [0.1, 0.15) is 5.76 Å². The molecule has 20 heavy (non-hydrogen) atoms. The van der Waals surface area contributed by atoms with Crippen molar-refractivity contribution in [2.75, 3.05) is 16.4 Å². The summed E-state index contributed by atoms with van der Waals surface area (Å²) < 4.78 is 5.40. The molecular formula is C14H16N4O2. The average Bonchev–Trinajstić information content (AvgIpc) is 2.82. The van der Waals surface area contributed by atoms with E-state index >= 15 is 0 Å². The first kappa shape index (κ1) is 12.5. The number of nitrogens with one attached hydrogen (secondary N) is 2. The molecule has 0 radical (unpaired) electrons. The molecule has 4 N–H and O–H groups in total. The van der Waals surface area contributed by atoms with Crippen LogP contribution in [0.25, 0.3) is 0 Å². The van der Waals surface area contributed by atoms with Crippen LogP contribution in [0, 0.1) is 6.92 Å². The maximum atomic E-state index is 11.3. The van der Waals surface area contributed by atoms with E-state index in [1.807, 2.05) is 13.0 Å². The Morgan fingerprint density at radius 1 is 1.45 bits per heavy atom. The number of carbonyl (C=O) groups excluding carboxylic acids is 1. The highest BCUT2D eigenvalue weighted by atomic mass is 16.4. The molecule has 0 bridgehead atoms. The Bertz CT molecular complexity index is 663. The molecule has 1 aliphatic rings. The first-order valence-corrected chi connectivity index (χ1v) is 6.49. The van der Waals surface area contributed by atoms with Gasteiger partial charge in [0, 0.05) is 12.1 Å². The van der Waals surface area contributed by atoms with Gasteiger partial charge in [-0.2, -0.15) is 0 Å². The van der Waals surface area contributed by atoms with Crippen LogP contribution in [0.4, 0.5) is 17.1 Å². The van der Waals surface area contributed by atoms with Crippen LogP contribution in [-0.4, -0.2) is 10.9 Å². The fourth-order valence-electron chi connectivity index (χ4n) is 2.25. The minimum atomic E-state index is 0.0351. The Balaban J connectivity index is 1.78. The molecule has 2 aromatic rings. The van der Waals surface area contributed by atoms with Crippen molar-refractivity contribution in [1.82, 2.24) is 4.98 Å². The quantitative estimate of drug-likeness (QED) is 0.744. The zero-order valence-corrected chi connectivity index (χ0v) is 11.2. The number of rotatable bonds is 3. The molecule has 1 aromatic heterocycles. The first-order chi connectivity index (χ1) is 9.61. The molecule has 0 aliphatic carbocycles. The van der Waals surface area contributed by atoms with Gasteiger partial charge >= 0.3 is 0 Å². The predicted molar refractivity (Wildman–Crippen MR) is 76.4 cm³/mol. The summed E-state index contributed by atoms with van der Waals surface area (Å²) in [6, 6.07) is 3.76. The van der Waals surface area contributed by atoms with E-state index < -0.39 is 0 Å². The second kappa shape index (κ2) is 4.88. The van der Waals surface area contributed by atoms with Crippen molar-refractivity contribution in [3.63, 3.8) is 0 Å². The normalized spacial score (nSPS) is 13.8. The lowest BCUT2D eigenvalue weighted by Crippen LogP contribution is -2.19. The summed E-state index contributed by atoms with van der Waals surface area (Å²) in [7, 11) is 0. The van der Waals surface area contributed by atoms with E-state index in [1.54, 1.807) is 12.3 Å². The van der Waals surface area contributed by atoms with Crippen molar-refractivity contribution < 1.29 is 9.21 Å². The molecule has 0 spiro atoms. The lowest BCUT2D eigenvalue weighted by atomic mass is 10.0. The number of hydrogen-bond donors (Lipinski definition) is 3. The third-order valence-electron chi connectivity index (χ3n) is 3.27. The van der Waals surface area contributed by atoms with E-state index in [9.17, 15) is 4.79 Å². The summed E-state index contributed by atoms with van der Waals surface area (Å²) in [4.78, 5) is 15.5. The van der Waals surface area contributed by atoms with Gasteiger partial charge in [0.25, 0.3) is 0 Å². The summed E-state index contributed by atoms with van der Waals surface area (Å²) in [5.41, 5.74) is 9.31. The van der Waals surface area contributed by atoms with Crippen LogP contribution in [0.3, 0.4) is 0 Å². The number of nitrogen functional groups attached to an aromatic ring is 1. The van der Waals surface area contributed by atoms with E-state index in [1.165, 1.54) is 0 Å². The maximum absolute atomic E-state index is 11.3. The summed E-state index contributed by atoms with van der Waals surface area (Å²) in [5, 5.41) is 6.04. The van der Waals surface area contributed by atoms with E-state index in [-0.39, 0.29) is 5.91 Å². The number of amides is 1. The highest BCUT2D eigenvalue weighted by Crippen LogP contribution is 2.31. The number of nitrogens with zero attached hydrogens (tertiary/aromatic N) is 1. The number of carbonyl (C=O) groups is 1. The summed E-state index contributed by atoms with van der Waals surface area (Å²) in [6.45, 7) is 2.33. The van der Waals surface area contributed by atoms with Gasteiger partial charge in [-0.1, -0.05) is 0 Å². The predicted octanol–water partition coefficient (Wildman–Crippen LogP) is 2.06. The highest BCUT2D eigenvalue weighted by Gasteiger charge is 2.16. The average molecular weight is 272 g/mol. The number of hydrogen-bond acceptors (Lipinski definition) is 5. The molecular weight excluding hydrogens is 256 g/mol. The van der Waals surface area contributed by atoms with Crippen molar-refractivity contribution >= 4 is 23.0 Å². The van der Waals surface area contributed by atoms with Gasteiger partial charge in [0.05, 0.1) is 24.1 Å². The minimum Gasteiger partial charge on any atom is -0.444 e. The third-order valence-corrected chi connectivity index (χ3v) is 3.27. The van der Waals surface area contributed by atoms with E-state index in [4.69, 9.17) is 10.2 Å². The van der Waals surface area contributed by atoms with Gasteiger partial charge in [0.2, 0.25) is 11.8 Å². The van der Waals surface area contributed by atoms with Crippen LogP contribution in [0.2, 0.25) is 0 Å². The number of aromatic nitrogens is 1. The van der Waals surface area contributed by atoms with Crippen LogP contribution >= 0.6 is 0 Å². The summed E-state index contributed by atoms with van der Waals surface area (Å²) >= 11 is 0. The summed E-state index contributed by atoms with van der Waals surface area (Å²) in [5.74, 6) is 1.43. The number of benzene rings is 1. The molecule has 0 fully saturated rings. The fraction of sp³-hybridized carbons (Fsp3) is 0.286. The van der Waals surface area contributed by atoms with Crippen LogP contribution < -0.4 is 16.4 Å². The van der Waals surface area contributed by atoms with Gasteiger partial charge < -0.3 is 20.8 Å². The zero-order chi connectivity index (χ0) is 14.1. The molecule has 0 saturated carbocycles. The Labute approximate surface area is 116 Å². The molecule has 2 heterocycles. The Kier molecular flexibility index (Phi) is 3.06. The first-order valence-electron chi connectivity index (χ1n) is 6.49. The zero-order valence-electron chi connectivity index (χ0n) is 11.2. The van der Waals surface area contributed by atoms with E-state index in [2.05, 4.69) is 15.6 Å². The molecule has 1 amide bonds. The molecule has 6 nitrogen and oxygen atoms in total. The van der Waals surface area contributed by atoms with Gasteiger partial charge in [-0.15, -0.1) is 0 Å². The molecule has 1 aromatic carbocycles. The minimum absolute atomic E-state index is 0.0351. The second-order valence-corrected chi connectivity index (χ2v) is 4.86. The lowest BCUT2D eigenvalue weighted by molar-refractivity contribution is -0.116. The van der Waals surface area contributed by atoms with Gasteiger partial charge in [0.15, 0.2) is 0 Å². The molecule has 6 heteroatoms. The van der Waals surface area contributed by atoms with Crippen molar-refractivity contribution in [2.45, 2.75) is 26.3 Å². The maximum Gasteiger partial charge on any atom is 0.224 e. The lowest BCUT2D eigenvalue weighted by Gasteiger charge is -2.19. The Hall–Kier alpha value is -2.50. The van der Waals surface area contributed by atoms with Crippen LogP contribution in [0.15, 0.2) is 22.7 Å². The second-order valence-electron chi connectivity index (χ2n) is 4.86. The SMILES string of the molecule is Cc1cnc(CNc2cc3c(cc2N)NC(=O)CC3)o1. The molecule has 0 saturated heterocycles. The number of fused-ring (bicyclic) bond motifs is 1. The largest absolute Gasteiger partial charge is 0.444 e. The standard InChI is InChI=1S/C14H16N4O2/c1-8-6-17-14(20-8)7-16-12-4-9-2-3-13(19)18-11(9)5-10(12)15/h4-6,16H,2-3,7,15H2,1H3,(H,18,19). The van der Waals surface area contributed by atoms with Crippen LogP contribution in [0.5, 0.6) is 0 Å². The molecule has 0 unspecified atom stereocenters. The van der Waals surface area contributed by atoms with E-state index in [0.717, 1.165) is 29.1 Å². The Morgan fingerprint density at radius 2 is 2.30 bits per heavy atom. The van der Waals surface area contributed by atoms with Crippen molar-refractivity contribution in [3.05, 3.63) is 35.5 Å². The topological polar surface area (TPSA) is 93.2 Å². The monoisotopic (exact) mass is 272 g/mol. The number of oxazole rings is 1. The van der Waals surface area contributed by atoms with Gasteiger partial charge in [-0.3, -0.25) is 4.79 Å². The molecule has 104 valence electrons. The molecule has 3 rings (SSSR count). The van der Waals surface area contributed by atoms with Crippen LogP contribution in [-0.2, 0) is 17.8 Å². The molecule has 0 atom stereocenters. The number of nitrogens with two attached hydrogens (primary N) is 1. The van der Waals surface area contributed by atoms with Gasteiger partial charge in [-0.25, -0.2) is 4.98 Å². The number of aryl methyl sites for hydroxylation is 2. The van der Waals surface area contributed by atoms with Crippen LogP contribution in [0.1, 0.15) is 23.6 Å². The van der Waals surface area contributed by atoms with Crippen molar-refractivity contribution in [3.8, 4) is 0 Å². The van der Waals surface area contributed by atoms with Gasteiger partial charge in [-0.05, 0) is 31.0 Å². The number of anilines is 3. The highest BCUT2D eigenvalue weighted by molar-refractivity contribution is 5.95. The van der Waals surface area contributed by atoms with Crippen molar-refractivity contribution in [1.29, 1.82) is 0 Å². The summed E-state index contributed by atoms with van der Waals surface area (Å²) in [6.07, 6.45) is 2.92. The fourth-order valence-corrected chi connectivity index (χ4v) is 2.25. The Morgan fingerprint density at radius 3 is 3.05 bits per heavy atom. The third kappa shape index (κ3) is 2.45.